The predicted octanol–water partition coefficient (Wildman–Crippen LogP) is 1.05. The number of aryl methyl sites for hydroxylation is 2. The lowest BCUT2D eigenvalue weighted by atomic mass is 10.1. The molecular formula is C14H18N6. The van der Waals surface area contributed by atoms with Crippen molar-refractivity contribution in [2.24, 2.45) is 19.9 Å². The molecule has 6 nitrogen and oxygen atoms in total. The summed E-state index contributed by atoms with van der Waals surface area (Å²) in [6.07, 6.45) is 4.42. The highest BCUT2D eigenvalue weighted by Gasteiger charge is 2.19. The molecule has 1 atom stereocenters. The molecule has 1 aromatic carbocycles. The van der Waals surface area contributed by atoms with Crippen LogP contribution in [-0.2, 0) is 20.5 Å². The first-order valence-corrected chi connectivity index (χ1v) is 6.54. The van der Waals surface area contributed by atoms with Crippen LogP contribution in [0.1, 0.15) is 17.6 Å². The molecule has 6 heteroatoms. The van der Waals surface area contributed by atoms with Crippen LogP contribution in [0.15, 0.2) is 36.7 Å². The molecule has 0 bridgehead atoms. The van der Waals surface area contributed by atoms with Gasteiger partial charge < -0.3 is 4.57 Å². The third-order valence-electron chi connectivity index (χ3n) is 3.63. The van der Waals surface area contributed by atoms with Gasteiger partial charge in [-0.05, 0) is 6.07 Å². The molecule has 0 radical (unpaired) electrons. The van der Waals surface area contributed by atoms with Gasteiger partial charge in [-0.1, -0.05) is 18.2 Å². The first kappa shape index (κ1) is 12.8. The van der Waals surface area contributed by atoms with Crippen LogP contribution in [0, 0.1) is 0 Å². The van der Waals surface area contributed by atoms with E-state index in [0.29, 0.717) is 6.42 Å². The number of hydrogen-bond acceptors (Lipinski definition) is 4. The van der Waals surface area contributed by atoms with Gasteiger partial charge in [0.25, 0.3) is 0 Å². The lowest BCUT2D eigenvalue weighted by molar-refractivity contribution is 0.514. The van der Waals surface area contributed by atoms with Crippen molar-refractivity contribution in [1.82, 2.24) is 24.8 Å². The highest BCUT2D eigenvalue weighted by Crippen LogP contribution is 2.24. The molecule has 3 rings (SSSR count). The van der Waals surface area contributed by atoms with Gasteiger partial charge in [0.2, 0.25) is 0 Å². The number of hydrazine groups is 1. The first-order chi connectivity index (χ1) is 9.70. The van der Waals surface area contributed by atoms with Gasteiger partial charge in [0, 0.05) is 38.3 Å². The van der Waals surface area contributed by atoms with Crippen LogP contribution in [-0.4, -0.2) is 19.3 Å². The summed E-state index contributed by atoms with van der Waals surface area (Å²) in [5.74, 6) is 6.71. The standard InChI is InChI=1S/C14H18N6/c1-19-8-7-16-13(19)9-11(17-15)14-10-5-3-4-6-12(10)20(2)18-14/h3-8,11,17H,9,15H2,1-2H3. The number of aromatic nitrogens is 4. The maximum Gasteiger partial charge on any atom is 0.110 e. The lowest BCUT2D eigenvalue weighted by Gasteiger charge is -2.13. The van der Waals surface area contributed by atoms with Crippen molar-refractivity contribution < 1.29 is 0 Å². The zero-order valence-corrected chi connectivity index (χ0v) is 11.6. The molecule has 0 aliphatic rings. The maximum absolute atomic E-state index is 5.74. The van der Waals surface area contributed by atoms with Gasteiger partial charge in [-0.25, -0.2) is 4.98 Å². The molecule has 0 fully saturated rings. The van der Waals surface area contributed by atoms with Crippen molar-refractivity contribution in [3.63, 3.8) is 0 Å². The van der Waals surface area contributed by atoms with Gasteiger partial charge in [0.15, 0.2) is 0 Å². The SMILES string of the molecule is Cn1ccnc1CC(NN)c1nn(C)c2ccccc12. The highest BCUT2D eigenvalue weighted by atomic mass is 15.3. The number of para-hydroxylation sites is 1. The number of rotatable bonds is 4. The molecule has 0 saturated carbocycles. The molecular weight excluding hydrogens is 252 g/mol. The number of nitrogens with zero attached hydrogens (tertiary/aromatic N) is 4. The van der Waals surface area contributed by atoms with Crippen molar-refractivity contribution in [2.75, 3.05) is 0 Å². The minimum Gasteiger partial charge on any atom is -0.338 e. The van der Waals surface area contributed by atoms with Crippen LogP contribution < -0.4 is 11.3 Å². The fourth-order valence-corrected chi connectivity index (χ4v) is 2.51. The molecule has 0 spiro atoms. The number of imidazole rings is 1. The van der Waals surface area contributed by atoms with Crippen molar-refractivity contribution in [3.8, 4) is 0 Å². The van der Waals surface area contributed by atoms with Gasteiger partial charge >= 0.3 is 0 Å². The van der Waals surface area contributed by atoms with Crippen LogP contribution in [0.3, 0.4) is 0 Å². The Morgan fingerprint density at radius 2 is 2.10 bits per heavy atom. The van der Waals surface area contributed by atoms with Gasteiger partial charge in [-0.2, -0.15) is 5.10 Å². The van der Waals surface area contributed by atoms with Crippen LogP contribution in [0.2, 0.25) is 0 Å². The average molecular weight is 270 g/mol. The second-order valence-electron chi connectivity index (χ2n) is 4.90. The smallest absolute Gasteiger partial charge is 0.110 e. The number of nitrogens with two attached hydrogens (primary N) is 1. The van der Waals surface area contributed by atoms with E-state index in [9.17, 15) is 0 Å². The zero-order chi connectivity index (χ0) is 14.1. The summed E-state index contributed by atoms with van der Waals surface area (Å²) in [5, 5.41) is 5.73. The van der Waals surface area contributed by atoms with E-state index in [1.54, 1.807) is 6.20 Å². The normalized spacial score (nSPS) is 12.9. The molecule has 3 aromatic rings. The van der Waals surface area contributed by atoms with Crippen molar-refractivity contribution in [1.29, 1.82) is 0 Å². The monoisotopic (exact) mass is 270 g/mol. The molecule has 2 aromatic heterocycles. The molecule has 0 saturated heterocycles. The maximum atomic E-state index is 5.74. The van der Waals surface area contributed by atoms with Gasteiger partial charge in [0.05, 0.1) is 17.3 Å². The Labute approximate surface area is 117 Å². The number of nitrogens with one attached hydrogen (secondary N) is 1. The molecule has 0 aliphatic heterocycles. The van der Waals surface area contributed by atoms with Crippen molar-refractivity contribution in [3.05, 3.63) is 48.2 Å². The zero-order valence-electron chi connectivity index (χ0n) is 11.6. The van der Waals surface area contributed by atoms with E-state index in [1.165, 1.54) is 0 Å². The average Bonchev–Trinajstić information content (AvgIpc) is 3.01. The molecule has 0 amide bonds. The first-order valence-electron chi connectivity index (χ1n) is 6.54. The summed E-state index contributed by atoms with van der Waals surface area (Å²) < 4.78 is 3.88. The molecule has 3 N–H and O–H groups in total. The number of hydrogen-bond donors (Lipinski definition) is 2. The highest BCUT2D eigenvalue weighted by molar-refractivity contribution is 5.82. The second-order valence-corrected chi connectivity index (χ2v) is 4.90. The van der Waals surface area contributed by atoms with Crippen LogP contribution in [0.4, 0.5) is 0 Å². The quantitative estimate of drug-likeness (QED) is 0.549. The van der Waals surface area contributed by atoms with Gasteiger partial charge in [-0.3, -0.25) is 16.0 Å². The Morgan fingerprint density at radius 3 is 2.80 bits per heavy atom. The Morgan fingerprint density at radius 1 is 1.30 bits per heavy atom. The van der Waals surface area contributed by atoms with E-state index >= 15 is 0 Å². The number of fused-ring (bicyclic) bond motifs is 1. The topological polar surface area (TPSA) is 73.7 Å². The largest absolute Gasteiger partial charge is 0.338 e. The summed E-state index contributed by atoms with van der Waals surface area (Å²) in [6, 6.07) is 8.09. The second kappa shape index (κ2) is 5.07. The van der Waals surface area contributed by atoms with E-state index in [2.05, 4.69) is 27.6 Å². The van der Waals surface area contributed by atoms with Crippen molar-refractivity contribution in [2.45, 2.75) is 12.5 Å². The van der Waals surface area contributed by atoms with E-state index in [4.69, 9.17) is 5.84 Å². The summed E-state index contributed by atoms with van der Waals surface area (Å²) in [7, 11) is 3.92. The van der Waals surface area contributed by atoms with E-state index in [1.807, 2.05) is 41.7 Å². The molecule has 0 aliphatic carbocycles. The Bertz CT molecular complexity index is 726. The third-order valence-corrected chi connectivity index (χ3v) is 3.63. The molecule has 104 valence electrons. The van der Waals surface area contributed by atoms with E-state index in [0.717, 1.165) is 22.4 Å². The lowest BCUT2D eigenvalue weighted by Crippen LogP contribution is -2.30. The van der Waals surface area contributed by atoms with E-state index in [-0.39, 0.29) is 6.04 Å². The molecule has 2 heterocycles. The Hall–Kier alpha value is -2.18. The van der Waals surface area contributed by atoms with Gasteiger partial charge in [-0.15, -0.1) is 0 Å². The Kier molecular flexibility index (Phi) is 3.25. The minimum atomic E-state index is -0.0674. The third kappa shape index (κ3) is 2.09. The van der Waals surface area contributed by atoms with Crippen LogP contribution in [0.5, 0.6) is 0 Å². The van der Waals surface area contributed by atoms with Gasteiger partial charge in [0.1, 0.15) is 5.82 Å². The molecule has 20 heavy (non-hydrogen) atoms. The van der Waals surface area contributed by atoms with E-state index < -0.39 is 0 Å². The van der Waals surface area contributed by atoms with Crippen molar-refractivity contribution >= 4 is 10.9 Å². The van der Waals surface area contributed by atoms with Crippen LogP contribution >= 0.6 is 0 Å². The summed E-state index contributed by atoms with van der Waals surface area (Å²) in [5.41, 5.74) is 4.91. The Balaban J connectivity index is 2.01. The summed E-state index contributed by atoms with van der Waals surface area (Å²) in [4.78, 5) is 4.35. The fraction of sp³-hybridized carbons (Fsp3) is 0.286. The summed E-state index contributed by atoms with van der Waals surface area (Å²) in [6.45, 7) is 0. The summed E-state index contributed by atoms with van der Waals surface area (Å²) >= 11 is 0. The number of benzene rings is 1. The van der Waals surface area contributed by atoms with Crippen LogP contribution in [0.25, 0.3) is 10.9 Å². The minimum absolute atomic E-state index is 0.0674. The molecule has 1 unspecified atom stereocenters. The predicted molar refractivity (Wildman–Crippen MR) is 77.7 cm³/mol. The fourth-order valence-electron chi connectivity index (χ4n) is 2.51.